The first kappa shape index (κ1) is 12.3. The molecule has 0 aromatic rings. The van der Waals surface area contributed by atoms with Crippen LogP contribution in [0.1, 0.15) is 25.7 Å². The molecule has 1 atom stereocenters. The van der Waals surface area contributed by atoms with E-state index in [2.05, 4.69) is 17.9 Å². The van der Waals surface area contributed by atoms with Gasteiger partial charge in [0.2, 0.25) is 0 Å². The van der Waals surface area contributed by atoms with E-state index in [1.807, 2.05) is 0 Å². The summed E-state index contributed by atoms with van der Waals surface area (Å²) in [7, 11) is 0. The lowest BCUT2D eigenvalue weighted by Crippen LogP contribution is -2.24. The Labute approximate surface area is 91.9 Å². The summed E-state index contributed by atoms with van der Waals surface area (Å²) in [6.07, 6.45) is 4.59. The number of hydrogen-bond acceptors (Lipinski definition) is 4. The fraction of sp³-hybridized carbons (Fsp3) is 1.00. The molecule has 1 aliphatic heterocycles. The van der Waals surface area contributed by atoms with Crippen molar-refractivity contribution < 1.29 is 9.47 Å². The van der Waals surface area contributed by atoms with Crippen LogP contribution >= 0.6 is 12.6 Å². The summed E-state index contributed by atoms with van der Waals surface area (Å²) in [5.41, 5.74) is 0. The number of hydrogen-bond donors (Lipinski definition) is 2. The van der Waals surface area contributed by atoms with Crippen LogP contribution in [0.3, 0.4) is 0 Å². The first-order valence-corrected chi connectivity index (χ1v) is 6.11. The average molecular weight is 219 g/mol. The summed E-state index contributed by atoms with van der Waals surface area (Å²) in [6.45, 7) is 3.64. The van der Waals surface area contributed by atoms with E-state index < -0.39 is 0 Å². The van der Waals surface area contributed by atoms with Crippen LogP contribution < -0.4 is 5.32 Å². The molecule has 0 spiro atoms. The lowest BCUT2D eigenvalue weighted by molar-refractivity contribution is -0.162. The van der Waals surface area contributed by atoms with Crippen molar-refractivity contribution in [3.05, 3.63) is 0 Å². The first-order valence-electron chi connectivity index (χ1n) is 5.48. The standard InChI is InChI=1S/C10H21NO2S/c14-9-6-11-5-3-8-13-10-4-1-2-7-12-10/h10-11,14H,1-9H2/t10-/m0/s1. The van der Waals surface area contributed by atoms with Gasteiger partial charge in [-0.05, 0) is 32.2 Å². The smallest absolute Gasteiger partial charge is 0.157 e. The molecule has 1 heterocycles. The van der Waals surface area contributed by atoms with Gasteiger partial charge >= 0.3 is 0 Å². The van der Waals surface area contributed by atoms with Crippen molar-refractivity contribution in [3.8, 4) is 0 Å². The minimum Gasteiger partial charge on any atom is -0.353 e. The van der Waals surface area contributed by atoms with Crippen molar-refractivity contribution in [1.82, 2.24) is 5.32 Å². The fourth-order valence-electron chi connectivity index (χ4n) is 1.46. The summed E-state index contributed by atoms with van der Waals surface area (Å²) < 4.78 is 11.0. The van der Waals surface area contributed by atoms with E-state index in [1.54, 1.807) is 0 Å². The molecule has 0 aromatic carbocycles. The largest absolute Gasteiger partial charge is 0.353 e. The summed E-state index contributed by atoms with van der Waals surface area (Å²) in [4.78, 5) is 0. The Morgan fingerprint density at radius 3 is 3.00 bits per heavy atom. The third kappa shape index (κ3) is 5.86. The van der Waals surface area contributed by atoms with Crippen molar-refractivity contribution in [1.29, 1.82) is 0 Å². The third-order valence-electron chi connectivity index (χ3n) is 2.23. The molecule has 84 valence electrons. The summed E-state index contributed by atoms with van der Waals surface area (Å²) >= 11 is 4.12. The van der Waals surface area contributed by atoms with Crippen LogP contribution in [-0.4, -0.2) is 38.3 Å². The van der Waals surface area contributed by atoms with Crippen LogP contribution in [0.25, 0.3) is 0 Å². The van der Waals surface area contributed by atoms with Crippen LogP contribution in [0, 0.1) is 0 Å². The Morgan fingerprint density at radius 1 is 1.36 bits per heavy atom. The molecule has 1 aliphatic rings. The number of rotatable bonds is 7. The predicted octanol–water partition coefficient (Wildman–Crippen LogP) is 1.44. The van der Waals surface area contributed by atoms with Gasteiger partial charge in [0.15, 0.2) is 6.29 Å². The Balaban J connectivity index is 1.82. The highest BCUT2D eigenvalue weighted by molar-refractivity contribution is 7.80. The van der Waals surface area contributed by atoms with Gasteiger partial charge in [-0.3, -0.25) is 0 Å². The molecule has 0 unspecified atom stereocenters. The van der Waals surface area contributed by atoms with Crippen molar-refractivity contribution in [2.45, 2.75) is 32.0 Å². The molecule has 1 fully saturated rings. The van der Waals surface area contributed by atoms with Gasteiger partial charge < -0.3 is 14.8 Å². The third-order valence-corrected chi connectivity index (χ3v) is 2.45. The lowest BCUT2D eigenvalue weighted by Gasteiger charge is -2.22. The molecule has 1 rings (SSSR count). The van der Waals surface area contributed by atoms with Crippen LogP contribution in [0.15, 0.2) is 0 Å². The van der Waals surface area contributed by atoms with E-state index in [-0.39, 0.29) is 6.29 Å². The van der Waals surface area contributed by atoms with E-state index in [1.165, 1.54) is 12.8 Å². The Kier molecular flexibility index (Phi) is 7.50. The average Bonchev–Trinajstić information content (AvgIpc) is 2.25. The molecule has 0 aliphatic carbocycles. The fourth-order valence-corrected chi connectivity index (χ4v) is 1.62. The van der Waals surface area contributed by atoms with Crippen molar-refractivity contribution in [3.63, 3.8) is 0 Å². The molecule has 0 bridgehead atoms. The van der Waals surface area contributed by atoms with Gasteiger partial charge in [-0.15, -0.1) is 0 Å². The molecular formula is C10H21NO2S. The number of thiol groups is 1. The zero-order valence-corrected chi connectivity index (χ0v) is 9.60. The molecular weight excluding hydrogens is 198 g/mol. The molecule has 14 heavy (non-hydrogen) atoms. The zero-order chi connectivity index (χ0) is 10.1. The highest BCUT2D eigenvalue weighted by atomic mass is 32.1. The second-order valence-electron chi connectivity index (χ2n) is 3.49. The number of nitrogens with one attached hydrogen (secondary N) is 1. The molecule has 1 saturated heterocycles. The van der Waals surface area contributed by atoms with E-state index in [0.29, 0.717) is 0 Å². The van der Waals surface area contributed by atoms with Gasteiger partial charge in [0, 0.05) is 18.9 Å². The summed E-state index contributed by atoms with van der Waals surface area (Å²) in [6, 6.07) is 0. The van der Waals surface area contributed by atoms with E-state index in [4.69, 9.17) is 9.47 Å². The van der Waals surface area contributed by atoms with Crippen LogP contribution in [-0.2, 0) is 9.47 Å². The zero-order valence-electron chi connectivity index (χ0n) is 8.71. The van der Waals surface area contributed by atoms with Crippen LogP contribution in [0.2, 0.25) is 0 Å². The highest BCUT2D eigenvalue weighted by Crippen LogP contribution is 2.13. The maximum absolute atomic E-state index is 5.58. The lowest BCUT2D eigenvalue weighted by atomic mass is 10.2. The van der Waals surface area contributed by atoms with E-state index in [0.717, 1.165) is 44.9 Å². The molecule has 0 aromatic heterocycles. The molecule has 0 amide bonds. The van der Waals surface area contributed by atoms with Gasteiger partial charge in [0.05, 0.1) is 6.61 Å². The first-order chi connectivity index (χ1) is 6.93. The van der Waals surface area contributed by atoms with Crippen molar-refractivity contribution >= 4 is 12.6 Å². The van der Waals surface area contributed by atoms with Gasteiger partial charge in [0.1, 0.15) is 0 Å². The second kappa shape index (κ2) is 8.53. The van der Waals surface area contributed by atoms with Crippen molar-refractivity contribution in [2.75, 3.05) is 32.1 Å². The number of ether oxygens (including phenoxy) is 2. The minimum absolute atomic E-state index is 0.0635. The second-order valence-corrected chi connectivity index (χ2v) is 3.94. The highest BCUT2D eigenvalue weighted by Gasteiger charge is 2.12. The van der Waals surface area contributed by atoms with Crippen molar-refractivity contribution in [2.24, 2.45) is 0 Å². The van der Waals surface area contributed by atoms with Gasteiger partial charge in [-0.25, -0.2) is 0 Å². The Morgan fingerprint density at radius 2 is 2.29 bits per heavy atom. The Bertz CT molecular complexity index is 129. The van der Waals surface area contributed by atoms with Gasteiger partial charge in [0.25, 0.3) is 0 Å². The minimum atomic E-state index is 0.0635. The van der Waals surface area contributed by atoms with Crippen LogP contribution in [0.4, 0.5) is 0 Å². The molecule has 3 nitrogen and oxygen atoms in total. The predicted molar refractivity (Wildman–Crippen MR) is 60.9 cm³/mol. The maximum atomic E-state index is 5.58. The quantitative estimate of drug-likeness (QED) is 0.502. The van der Waals surface area contributed by atoms with E-state index in [9.17, 15) is 0 Å². The van der Waals surface area contributed by atoms with Gasteiger partial charge in [-0.1, -0.05) is 0 Å². The van der Waals surface area contributed by atoms with Crippen LogP contribution in [0.5, 0.6) is 0 Å². The molecule has 4 heteroatoms. The summed E-state index contributed by atoms with van der Waals surface area (Å²) in [5, 5.41) is 3.28. The molecule has 0 radical (unpaired) electrons. The maximum Gasteiger partial charge on any atom is 0.157 e. The molecule has 1 N–H and O–H groups in total. The summed E-state index contributed by atoms with van der Waals surface area (Å²) in [5.74, 6) is 0.895. The normalized spacial score (nSPS) is 22.5. The van der Waals surface area contributed by atoms with E-state index >= 15 is 0 Å². The monoisotopic (exact) mass is 219 g/mol. The van der Waals surface area contributed by atoms with Gasteiger partial charge in [-0.2, -0.15) is 12.6 Å². The molecule has 0 saturated carbocycles. The topological polar surface area (TPSA) is 30.5 Å². The Hall–Kier alpha value is 0.230. The SMILES string of the molecule is SCCNCCCO[C@H]1CCCCO1.